The van der Waals surface area contributed by atoms with Crippen molar-refractivity contribution in [2.45, 2.75) is 32.6 Å². The first-order valence-electron chi connectivity index (χ1n) is 11.0. The van der Waals surface area contributed by atoms with Crippen LogP contribution in [0.5, 0.6) is 0 Å². The van der Waals surface area contributed by atoms with Gasteiger partial charge in [-0.2, -0.15) is 0 Å². The number of aliphatic imine (C=N–C) groups is 1. The molecule has 2 atom stereocenters. The van der Waals surface area contributed by atoms with E-state index in [1.165, 1.54) is 0 Å². The molecular weight excluding hydrogens is 519 g/mol. The third-order valence-electron chi connectivity index (χ3n) is 5.63. The Balaban J connectivity index is 0.00000289. The van der Waals surface area contributed by atoms with E-state index in [1.54, 1.807) is 12.4 Å². The third kappa shape index (κ3) is 6.18. The Morgan fingerprint density at radius 3 is 2.31 bits per heavy atom. The first kappa shape index (κ1) is 24.4. The SMILES string of the molecule is CN=C(NCc1ccc(N2CC(C)OC(C)C2)nc1)N1CCN(c2ncccn2)CC1.I. The molecule has 0 spiro atoms. The Hall–Kier alpha value is -2.21. The number of ether oxygens (including phenoxy) is 1. The number of morpholine rings is 1. The van der Waals surface area contributed by atoms with Gasteiger partial charge in [0.15, 0.2) is 5.96 Å². The van der Waals surface area contributed by atoms with E-state index in [-0.39, 0.29) is 36.2 Å². The van der Waals surface area contributed by atoms with Crippen LogP contribution >= 0.6 is 24.0 Å². The van der Waals surface area contributed by atoms with E-state index in [9.17, 15) is 0 Å². The zero-order chi connectivity index (χ0) is 21.6. The number of anilines is 2. The maximum absolute atomic E-state index is 5.82. The number of halogens is 1. The molecule has 0 aliphatic carbocycles. The summed E-state index contributed by atoms with van der Waals surface area (Å²) in [5.41, 5.74) is 1.13. The Morgan fingerprint density at radius 1 is 1.03 bits per heavy atom. The number of nitrogens with one attached hydrogen (secondary N) is 1. The zero-order valence-corrected chi connectivity index (χ0v) is 21.3. The molecule has 4 heterocycles. The number of hydrogen-bond acceptors (Lipinski definition) is 7. The topological polar surface area (TPSA) is 82.0 Å². The molecular formula is C22H33IN8O. The highest BCUT2D eigenvalue weighted by Gasteiger charge is 2.23. The van der Waals surface area contributed by atoms with E-state index in [4.69, 9.17) is 4.74 Å². The molecule has 2 aliphatic heterocycles. The largest absolute Gasteiger partial charge is 0.372 e. The predicted octanol–water partition coefficient (Wildman–Crippen LogP) is 2.00. The van der Waals surface area contributed by atoms with Crippen molar-refractivity contribution in [3.8, 4) is 0 Å². The van der Waals surface area contributed by atoms with Crippen molar-refractivity contribution in [1.29, 1.82) is 0 Å². The van der Waals surface area contributed by atoms with Crippen LogP contribution in [0, 0.1) is 0 Å². The van der Waals surface area contributed by atoms with Gasteiger partial charge >= 0.3 is 0 Å². The summed E-state index contributed by atoms with van der Waals surface area (Å²) in [5.74, 6) is 2.71. The van der Waals surface area contributed by atoms with Crippen molar-refractivity contribution in [2.24, 2.45) is 4.99 Å². The first-order valence-corrected chi connectivity index (χ1v) is 11.0. The van der Waals surface area contributed by atoms with Gasteiger partial charge in [-0.25, -0.2) is 15.0 Å². The Morgan fingerprint density at radius 2 is 1.72 bits per heavy atom. The van der Waals surface area contributed by atoms with Gasteiger partial charge in [0.2, 0.25) is 5.95 Å². The van der Waals surface area contributed by atoms with Crippen LogP contribution < -0.4 is 15.1 Å². The van der Waals surface area contributed by atoms with Crippen LogP contribution in [0.3, 0.4) is 0 Å². The summed E-state index contributed by atoms with van der Waals surface area (Å²) in [4.78, 5) is 24.6. The third-order valence-corrected chi connectivity index (χ3v) is 5.63. The summed E-state index contributed by atoms with van der Waals surface area (Å²) in [6.45, 7) is 10.2. The lowest BCUT2D eigenvalue weighted by Crippen LogP contribution is -2.52. The second-order valence-corrected chi connectivity index (χ2v) is 8.11. The van der Waals surface area contributed by atoms with Crippen LogP contribution in [0.25, 0.3) is 0 Å². The van der Waals surface area contributed by atoms with Crippen molar-refractivity contribution >= 4 is 41.7 Å². The van der Waals surface area contributed by atoms with Gasteiger partial charge in [0.1, 0.15) is 5.82 Å². The molecule has 10 heteroatoms. The van der Waals surface area contributed by atoms with Crippen LogP contribution in [0.1, 0.15) is 19.4 Å². The summed E-state index contributed by atoms with van der Waals surface area (Å²) < 4.78 is 5.82. The van der Waals surface area contributed by atoms with E-state index in [1.807, 2.05) is 19.3 Å². The van der Waals surface area contributed by atoms with Gasteiger partial charge in [0.05, 0.1) is 12.2 Å². The summed E-state index contributed by atoms with van der Waals surface area (Å²) in [6.07, 6.45) is 5.97. The molecule has 2 saturated heterocycles. The van der Waals surface area contributed by atoms with E-state index < -0.39 is 0 Å². The highest BCUT2D eigenvalue weighted by molar-refractivity contribution is 14.0. The van der Waals surface area contributed by atoms with Gasteiger partial charge in [-0.1, -0.05) is 6.07 Å². The molecule has 2 aromatic rings. The number of rotatable bonds is 4. The smallest absolute Gasteiger partial charge is 0.225 e. The second-order valence-electron chi connectivity index (χ2n) is 8.11. The minimum absolute atomic E-state index is 0. The fraction of sp³-hybridized carbons (Fsp3) is 0.545. The minimum atomic E-state index is 0. The number of guanidine groups is 1. The quantitative estimate of drug-likeness (QED) is 0.351. The molecule has 174 valence electrons. The fourth-order valence-corrected chi connectivity index (χ4v) is 4.16. The van der Waals surface area contributed by atoms with Crippen molar-refractivity contribution in [1.82, 2.24) is 25.2 Å². The summed E-state index contributed by atoms with van der Waals surface area (Å²) in [6, 6.07) is 6.08. The molecule has 4 rings (SSSR count). The fourth-order valence-electron chi connectivity index (χ4n) is 4.16. The van der Waals surface area contributed by atoms with Crippen molar-refractivity contribution in [3.05, 3.63) is 42.4 Å². The maximum Gasteiger partial charge on any atom is 0.225 e. The van der Waals surface area contributed by atoms with Crippen molar-refractivity contribution < 1.29 is 4.74 Å². The second kappa shape index (κ2) is 11.6. The summed E-state index contributed by atoms with van der Waals surface area (Å²) in [7, 11) is 1.83. The Labute approximate surface area is 207 Å². The Kier molecular flexibility index (Phi) is 8.85. The molecule has 0 amide bonds. The van der Waals surface area contributed by atoms with Crippen molar-refractivity contribution in [3.63, 3.8) is 0 Å². The maximum atomic E-state index is 5.82. The summed E-state index contributed by atoms with van der Waals surface area (Å²) in [5, 5.41) is 3.48. The molecule has 2 aliphatic rings. The van der Waals surface area contributed by atoms with Crippen LogP contribution in [-0.4, -0.2) is 84.3 Å². The number of piperazine rings is 1. The first-order chi connectivity index (χ1) is 15.1. The van der Waals surface area contributed by atoms with E-state index >= 15 is 0 Å². The van der Waals surface area contributed by atoms with Gasteiger partial charge in [-0.05, 0) is 31.5 Å². The molecule has 2 unspecified atom stereocenters. The van der Waals surface area contributed by atoms with Crippen LogP contribution in [0.15, 0.2) is 41.8 Å². The predicted molar refractivity (Wildman–Crippen MR) is 138 cm³/mol. The average molecular weight is 552 g/mol. The van der Waals surface area contributed by atoms with Crippen LogP contribution in [0.2, 0.25) is 0 Å². The van der Waals surface area contributed by atoms with Crippen LogP contribution in [0.4, 0.5) is 11.8 Å². The standard InChI is InChI=1S/C22H32N8O.HI/c1-17-15-30(16-18(2)31-17)20-6-5-19(13-26-20)14-27-21(23-3)28-9-11-29(12-10-28)22-24-7-4-8-25-22;/h4-8,13,17-18H,9-12,14-16H2,1-3H3,(H,23,27);1H. The zero-order valence-electron chi connectivity index (χ0n) is 19.0. The van der Waals surface area contributed by atoms with Gasteiger partial charge in [-0.15, -0.1) is 24.0 Å². The molecule has 9 nitrogen and oxygen atoms in total. The number of hydrogen-bond donors (Lipinski definition) is 1. The Bertz CT molecular complexity index is 848. The van der Waals surface area contributed by atoms with Crippen LogP contribution in [-0.2, 0) is 11.3 Å². The average Bonchev–Trinajstić information content (AvgIpc) is 2.80. The molecule has 0 bridgehead atoms. The van der Waals surface area contributed by atoms with Gasteiger partial charge < -0.3 is 24.8 Å². The molecule has 2 aromatic heterocycles. The minimum Gasteiger partial charge on any atom is -0.372 e. The highest BCUT2D eigenvalue weighted by Crippen LogP contribution is 2.18. The molecule has 32 heavy (non-hydrogen) atoms. The molecule has 0 saturated carbocycles. The number of aromatic nitrogens is 3. The molecule has 0 radical (unpaired) electrons. The normalized spacial score (nSPS) is 21.8. The van der Waals surface area contributed by atoms with Gasteiger partial charge in [-0.3, -0.25) is 4.99 Å². The lowest BCUT2D eigenvalue weighted by atomic mass is 10.2. The van der Waals surface area contributed by atoms with E-state index in [0.29, 0.717) is 6.54 Å². The van der Waals surface area contributed by atoms with Crippen molar-refractivity contribution in [2.75, 3.05) is 56.1 Å². The lowest BCUT2D eigenvalue weighted by molar-refractivity contribution is -0.00545. The van der Waals surface area contributed by atoms with E-state index in [2.05, 4.69) is 65.9 Å². The van der Waals surface area contributed by atoms with Gasteiger partial charge in [0, 0.05) is 71.5 Å². The number of pyridine rings is 1. The monoisotopic (exact) mass is 552 g/mol. The highest BCUT2D eigenvalue weighted by atomic mass is 127. The number of nitrogens with zero attached hydrogens (tertiary/aromatic N) is 7. The summed E-state index contributed by atoms with van der Waals surface area (Å²) >= 11 is 0. The van der Waals surface area contributed by atoms with Gasteiger partial charge in [0.25, 0.3) is 0 Å². The molecule has 2 fully saturated rings. The molecule has 0 aromatic carbocycles. The molecule has 1 N–H and O–H groups in total. The van der Waals surface area contributed by atoms with E-state index in [0.717, 1.165) is 62.6 Å². The lowest BCUT2D eigenvalue weighted by Gasteiger charge is -2.36.